The molecule has 1 fully saturated rings. The van der Waals surface area contributed by atoms with Crippen molar-refractivity contribution in [3.63, 3.8) is 0 Å². The van der Waals surface area contributed by atoms with Gasteiger partial charge in [-0.2, -0.15) is 0 Å². The predicted molar refractivity (Wildman–Crippen MR) is 88.4 cm³/mol. The highest BCUT2D eigenvalue weighted by Crippen LogP contribution is 2.56. The molecule has 0 unspecified atom stereocenters. The molecule has 1 aromatic rings. The molecule has 2 N–H and O–H groups in total. The van der Waals surface area contributed by atoms with E-state index in [9.17, 15) is 10.2 Å². The van der Waals surface area contributed by atoms with Gasteiger partial charge in [0.15, 0.2) is 11.5 Å². The van der Waals surface area contributed by atoms with Crippen LogP contribution in [-0.2, 0) is 4.74 Å². The molecule has 4 nitrogen and oxygen atoms in total. The van der Waals surface area contributed by atoms with Gasteiger partial charge in [-0.25, -0.2) is 0 Å². The number of aliphatic hydroxyl groups excluding tert-OH is 1. The number of allylic oxidation sites excluding steroid dienone is 1. The lowest BCUT2D eigenvalue weighted by atomic mass is 9.56. The van der Waals surface area contributed by atoms with E-state index in [1.807, 2.05) is 12.1 Å². The Kier molecular flexibility index (Phi) is 4.15. The van der Waals surface area contributed by atoms with Crippen molar-refractivity contribution in [2.45, 2.75) is 26.9 Å². The van der Waals surface area contributed by atoms with Crippen LogP contribution in [0.3, 0.4) is 0 Å². The van der Waals surface area contributed by atoms with Gasteiger partial charge in [0.1, 0.15) is 0 Å². The third-order valence-corrected chi connectivity index (χ3v) is 6.08. The first-order chi connectivity index (χ1) is 10.9. The molecule has 1 aromatic carbocycles. The Morgan fingerprint density at radius 1 is 1.35 bits per heavy atom. The molecule has 2 bridgehead atoms. The van der Waals surface area contributed by atoms with Gasteiger partial charge in [0.05, 0.1) is 26.4 Å². The van der Waals surface area contributed by atoms with E-state index >= 15 is 0 Å². The first kappa shape index (κ1) is 16.3. The zero-order chi connectivity index (χ0) is 16.8. The van der Waals surface area contributed by atoms with E-state index in [-0.39, 0.29) is 29.8 Å². The summed E-state index contributed by atoms with van der Waals surface area (Å²) < 4.78 is 11.5. The average molecular weight is 318 g/mol. The van der Waals surface area contributed by atoms with Crippen molar-refractivity contribution in [3.8, 4) is 11.5 Å². The van der Waals surface area contributed by atoms with Crippen molar-refractivity contribution in [3.05, 3.63) is 35.4 Å². The molecule has 0 amide bonds. The van der Waals surface area contributed by atoms with Crippen LogP contribution in [0.4, 0.5) is 0 Å². The summed E-state index contributed by atoms with van der Waals surface area (Å²) in [5, 5.41) is 19.9. The van der Waals surface area contributed by atoms with Crippen LogP contribution in [0, 0.1) is 23.2 Å². The molecule has 1 saturated heterocycles. The number of aliphatic hydroxyl groups is 1. The van der Waals surface area contributed by atoms with Crippen molar-refractivity contribution in [2.75, 3.05) is 20.3 Å². The lowest BCUT2D eigenvalue weighted by Crippen LogP contribution is -2.53. The number of fused-ring (bicyclic) bond motifs is 2. The van der Waals surface area contributed by atoms with E-state index in [0.717, 1.165) is 5.56 Å². The summed E-state index contributed by atoms with van der Waals surface area (Å²) in [6, 6.07) is 5.40. The molecule has 5 atom stereocenters. The van der Waals surface area contributed by atoms with Gasteiger partial charge >= 0.3 is 0 Å². The molecule has 1 aliphatic heterocycles. The highest BCUT2D eigenvalue weighted by Gasteiger charge is 2.53. The molecule has 0 aromatic heterocycles. The monoisotopic (exact) mass is 318 g/mol. The molecule has 23 heavy (non-hydrogen) atoms. The quantitative estimate of drug-likeness (QED) is 0.840. The normalized spacial score (nSPS) is 36.5. The molecule has 0 saturated carbocycles. The summed E-state index contributed by atoms with van der Waals surface area (Å²) in [5.41, 5.74) is 2.11. The smallest absolute Gasteiger partial charge is 0.160 e. The number of phenols is 1. The molecule has 2 aliphatic rings. The van der Waals surface area contributed by atoms with Crippen molar-refractivity contribution < 1.29 is 19.7 Å². The molecular formula is C19H26O4. The zero-order valence-electron chi connectivity index (χ0n) is 14.2. The highest BCUT2D eigenvalue weighted by molar-refractivity contribution is 5.43. The fraction of sp³-hybridized carbons (Fsp3) is 0.579. The maximum atomic E-state index is 10.0. The average Bonchev–Trinajstić information content (AvgIpc) is 2.53. The second-order valence-corrected chi connectivity index (χ2v) is 7.07. The minimum Gasteiger partial charge on any atom is -0.504 e. The number of methoxy groups -OCH3 is 1. The van der Waals surface area contributed by atoms with Crippen LogP contribution in [0.1, 0.15) is 32.4 Å². The third-order valence-electron chi connectivity index (χ3n) is 6.08. The molecule has 1 heterocycles. The van der Waals surface area contributed by atoms with Gasteiger partial charge in [0.2, 0.25) is 0 Å². The second-order valence-electron chi connectivity index (χ2n) is 7.07. The Morgan fingerprint density at radius 3 is 2.74 bits per heavy atom. The van der Waals surface area contributed by atoms with Gasteiger partial charge in [-0.05, 0) is 36.5 Å². The van der Waals surface area contributed by atoms with Crippen molar-refractivity contribution in [1.29, 1.82) is 0 Å². The van der Waals surface area contributed by atoms with Gasteiger partial charge in [0, 0.05) is 11.3 Å². The van der Waals surface area contributed by atoms with Crippen molar-refractivity contribution in [2.24, 2.45) is 23.2 Å². The van der Waals surface area contributed by atoms with Crippen LogP contribution in [0.25, 0.3) is 0 Å². The summed E-state index contributed by atoms with van der Waals surface area (Å²) in [7, 11) is 1.55. The third kappa shape index (κ3) is 2.36. The number of ether oxygens (including phenoxy) is 2. The summed E-state index contributed by atoms with van der Waals surface area (Å²) in [4.78, 5) is 0. The fourth-order valence-electron chi connectivity index (χ4n) is 4.46. The zero-order valence-corrected chi connectivity index (χ0v) is 14.2. The van der Waals surface area contributed by atoms with Gasteiger partial charge in [-0.3, -0.25) is 0 Å². The number of phenolic OH excluding ortho intramolecular Hbond substituents is 1. The summed E-state index contributed by atoms with van der Waals surface area (Å²) >= 11 is 0. The van der Waals surface area contributed by atoms with Crippen LogP contribution in [0.2, 0.25) is 0 Å². The Hall–Kier alpha value is -1.52. The molecule has 4 heteroatoms. The number of benzene rings is 1. The lowest BCUT2D eigenvalue weighted by molar-refractivity contribution is -0.165. The SMILES string of the molecule is COc1cc([C@@H]2OC[C@@]3(CO)[C@H](C)C=C(C)[C@H]2[C@H]3C)ccc1O. The highest BCUT2D eigenvalue weighted by atomic mass is 16.5. The Balaban J connectivity index is 2.02. The standard InChI is InChI=1S/C19H26O4/c1-11-7-12(2)19(9-20)10-23-18(17(11)13(19)3)14-5-6-15(21)16(8-14)22-4/h5-8,12-13,17-18,20-21H,9-10H2,1-4H3/t12-,13-,17+,18+,19+/m1/s1. The van der Waals surface area contributed by atoms with Crippen LogP contribution in [-0.4, -0.2) is 30.5 Å². The van der Waals surface area contributed by atoms with E-state index in [1.165, 1.54) is 5.57 Å². The van der Waals surface area contributed by atoms with Gasteiger partial charge < -0.3 is 19.7 Å². The molecule has 3 rings (SSSR count). The van der Waals surface area contributed by atoms with Crippen LogP contribution < -0.4 is 4.74 Å². The largest absolute Gasteiger partial charge is 0.504 e. The minimum atomic E-state index is -0.207. The van der Waals surface area contributed by atoms with Gasteiger partial charge in [-0.15, -0.1) is 0 Å². The molecular weight excluding hydrogens is 292 g/mol. The van der Waals surface area contributed by atoms with E-state index in [4.69, 9.17) is 9.47 Å². The van der Waals surface area contributed by atoms with Crippen LogP contribution >= 0.6 is 0 Å². The number of hydrogen-bond donors (Lipinski definition) is 2. The van der Waals surface area contributed by atoms with E-state index in [1.54, 1.807) is 13.2 Å². The van der Waals surface area contributed by atoms with Gasteiger partial charge in [0.25, 0.3) is 0 Å². The molecule has 0 spiro atoms. The Morgan fingerprint density at radius 2 is 2.09 bits per heavy atom. The summed E-state index contributed by atoms with van der Waals surface area (Å²) in [5.74, 6) is 1.44. The lowest BCUT2D eigenvalue weighted by Gasteiger charge is -2.55. The van der Waals surface area contributed by atoms with Crippen molar-refractivity contribution in [1.82, 2.24) is 0 Å². The second kappa shape index (κ2) is 5.84. The minimum absolute atomic E-state index is 0.0806. The topological polar surface area (TPSA) is 58.9 Å². The first-order valence-electron chi connectivity index (χ1n) is 8.22. The van der Waals surface area contributed by atoms with Crippen LogP contribution in [0.15, 0.2) is 29.8 Å². The Labute approximate surface area is 137 Å². The number of rotatable bonds is 3. The van der Waals surface area contributed by atoms with E-state index in [2.05, 4.69) is 26.8 Å². The van der Waals surface area contributed by atoms with E-state index in [0.29, 0.717) is 24.2 Å². The molecule has 126 valence electrons. The molecule has 0 radical (unpaired) electrons. The number of hydrogen-bond acceptors (Lipinski definition) is 4. The van der Waals surface area contributed by atoms with Crippen molar-refractivity contribution >= 4 is 0 Å². The number of aromatic hydroxyl groups is 1. The first-order valence-corrected chi connectivity index (χ1v) is 8.22. The predicted octanol–water partition coefficient (Wildman–Crippen LogP) is 3.30. The summed E-state index contributed by atoms with van der Waals surface area (Å²) in [6.45, 7) is 7.22. The fourth-order valence-corrected chi connectivity index (χ4v) is 4.46. The Bertz CT molecular complexity index is 624. The maximum absolute atomic E-state index is 10.0. The maximum Gasteiger partial charge on any atom is 0.160 e. The van der Waals surface area contributed by atoms with E-state index < -0.39 is 0 Å². The molecule has 1 aliphatic carbocycles. The summed E-state index contributed by atoms with van der Waals surface area (Å²) in [6.07, 6.45) is 2.21. The van der Waals surface area contributed by atoms with Gasteiger partial charge in [-0.1, -0.05) is 31.6 Å². The van der Waals surface area contributed by atoms with Crippen LogP contribution in [0.5, 0.6) is 11.5 Å².